The maximum absolute atomic E-state index is 9.83. The number of aliphatic hydroxyl groups excluding tert-OH is 1. The Hall–Kier alpha value is -0.280. The SMILES string of the molecule is CCC(N)C(O)c1cc(Cl)ccc1Cl. The molecule has 0 amide bonds. The maximum atomic E-state index is 9.83. The van der Waals surface area contributed by atoms with E-state index in [1.165, 1.54) is 0 Å². The monoisotopic (exact) mass is 233 g/mol. The summed E-state index contributed by atoms with van der Waals surface area (Å²) in [4.78, 5) is 0. The number of hydrogen-bond acceptors (Lipinski definition) is 2. The summed E-state index contributed by atoms with van der Waals surface area (Å²) in [5, 5.41) is 10.9. The van der Waals surface area contributed by atoms with Gasteiger partial charge in [0, 0.05) is 21.7 Å². The van der Waals surface area contributed by atoms with E-state index in [0.717, 1.165) is 0 Å². The fraction of sp³-hybridized carbons (Fsp3) is 0.400. The van der Waals surface area contributed by atoms with Crippen molar-refractivity contribution in [1.29, 1.82) is 0 Å². The van der Waals surface area contributed by atoms with E-state index in [1.807, 2.05) is 6.92 Å². The summed E-state index contributed by atoms with van der Waals surface area (Å²) < 4.78 is 0. The summed E-state index contributed by atoms with van der Waals surface area (Å²) in [7, 11) is 0. The van der Waals surface area contributed by atoms with E-state index in [1.54, 1.807) is 18.2 Å². The summed E-state index contributed by atoms with van der Waals surface area (Å²) in [6, 6.07) is 4.66. The van der Waals surface area contributed by atoms with Crippen LogP contribution >= 0.6 is 23.2 Å². The quantitative estimate of drug-likeness (QED) is 0.844. The summed E-state index contributed by atoms with van der Waals surface area (Å²) in [5.74, 6) is 0. The molecule has 0 bridgehead atoms. The fourth-order valence-electron chi connectivity index (χ4n) is 1.20. The Labute approximate surface area is 93.6 Å². The molecule has 0 heterocycles. The van der Waals surface area contributed by atoms with Crippen molar-refractivity contribution in [3.8, 4) is 0 Å². The molecule has 1 aromatic carbocycles. The molecule has 0 aliphatic rings. The molecule has 4 heteroatoms. The van der Waals surface area contributed by atoms with Crippen molar-refractivity contribution in [3.05, 3.63) is 33.8 Å². The third kappa shape index (κ3) is 2.61. The summed E-state index contributed by atoms with van der Waals surface area (Å²) in [5.41, 5.74) is 6.31. The van der Waals surface area contributed by atoms with Crippen LogP contribution in [0.3, 0.4) is 0 Å². The molecule has 2 atom stereocenters. The van der Waals surface area contributed by atoms with Gasteiger partial charge in [0.15, 0.2) is 0 Å². The van der Waals surface area contributed by atoms with E-state index >= 15 is 0 Å². The van der Waals surface area contributed by atoms with Crippen molar-refractivity contribution in [3.63, 3.8) is 0 Å². The Balaban J connectivity index is 2.99. The van der Waals surface area contributed by atoms with Crippen LogP contribution < -0.4 is 5.73 Å². The molecule has 1 rings (SSSR count). The number of aliphatic hydroxyl groups is 1. The highest BCUT2D eigenvalue weighted by Gasteiger charge is 2.17. The summed E-state index contributed by atoms with van der Waals surface area (Å²) in [6.45, 7) is 1.91. The van der Waals surface area contributed by atoms with E-state index in [9.17, 15) is 5.11 Å². The van der Waals surface area contributed by atoms with Crippen LogP contribution in [0.25, 0.3) is 0 Å². The van der Waals surface area contributed by atoms with Crippen LogP contribution in [0.1, 0.15) is 25.0 Å². The Morgan fingerprint density at radius 1 is 1.43 bits per heavy atom. The molecule has 0 radical (unpaired) electrons. The van der Waals surface area contributed by atoms with Gasteiger partial charge in [-0.05, 0) is 24.6 Å². The highest BCUT2D eigenvalue weighted by Crippen LogP contribution is 2.28. The van der Waals surface area contributed by atoms with Gasteiger partial charge in [0.2, 0.25) is 0 Å². The predicted molar refractivity (Wildman–Crippen MR) is 59.7 cm³/mol. The van der Waals surface area contributed by atoms with Gasteiger partial charge in [-0.3, -0.25) is 0 Å². The zero-order chi connectivity index (χ0) is 10.7. The second-order valence-corrected chi connectivity index (χ2v) is 4.03. The molecule has 0 aliphatic carbocycles. The minimum absolute atomic E-state index is 0.314. The third-order valence-corrected chi connectivity index (χ3v) is 2.73. The maximum Gasteiger partial charge on any atom is 0.0955 e. The average molecular weight is 234 g/mol. The van der Waals surface area contributed by atoms with E-state index in [4.69, 9.17) is 28.9 Å². The molecular weight excluding hydrogens is 221 g/mol. The van der Waals surface area contributed by atoms with Crippen LogP contribution in [0.4, 0.5) is 0 Å². The van der Waals surface area contributed by atoms with Gasteiger partial charge in [-0.1, -0.05) is 30.1 Å². The zero-order valence-corrected chi connectivity index (χ0v) is 9.39. The first-order chi connectivity index (χ1) is 6.56. The number of halogens is 2. The van der Waals surface area contributed by atoms with E-state index in [2.05, 4.69) is 0 Å². The predicted octanol–water partition coefficient (Wildman–Crippen LogP) is 2.76. The van der Waals surface area contributed by atoms with Crippen molar-refractivity contribution in [1.82, 2.24) is 0 Å². The second kappa shape index (κ2) is 4.99. The first-order valence-corrected chi connectivity index (χ1v) is 5.20. The van der Waals surface area contributed by atoms with Gasteiger partial charge >= 0.3 is 0 Å². The zero-order valence-electron chi connectivity index (χ0n) is 7.87. The van der Waals surface area contributed by atoms with E-state index in [-0.39, 0.29) is 6.04 Å². The van der Waals surface area contributed by atoms with Crippen LogP contribution in [0.2, 0.25) is 10.0 Å². The summed E-state index contributed by atoms with van der Waals surface area (Å²) in [6.07, 6.45) is -0.0736. The molecule has 14 heavy (non-hydrogen) atoms. The van der Waals surface area contributed by atoms with Gasteiger partial charge in [-0.2, -0.15) is 0 Å². The van der Waals surface area contributed by atoms with Gasteiger partial charge in [-0.25, -0.2) is 0 Å². The van der Waals surface area contributed by atoms with Crippen LogP contribution in [0.5, 0.6) is 0 Å². The lowest BCUT2D eigenvalue weighted by Crippen LogP contribution is -2.27. The molecule has 3 N–H and O–H groups in total. The molecule has 0 fully saturated rings. The molecular formula is C10H13Cl2NO. The first kappa shape index (κ1) is 11.8. The van der Waals surface area contributed by atoms with Crippen LogP contribution in [0.15, 0.2) is 18.2 Å². The largest absolute Gasteiger partial charge is 0.387 e. The van der Waals surface area contributed by atoms with Crippen molar-refractivity contribution in [2.75, 3.05) is 0 Å². The first-order valence-electron chi connectivity index (χ1n) is 4.44. The highest BCUT2D eigenvalue weighted by atomic mass is 35.5. The number of nitrogens with two attached hydrogens (primary N) is 1. The standard InChI is InChI=1S/C10H13Cl2NO/c1-2-9(13)10(14)7-5-6(11)3-4-8(7)12/h3-5,9-10,14H,2,13H2,1H3. The molecule has 2 unspecified atom stereocenters. The molecule has 0 aromatic heterocycles. The molecule has 2 nitrogen and oxygen atoms in total. The van der Waals surface area contributed by atoms with Crippen molar-refractivity contribution in [2.45, 2.75) is 25.5 Å². The minimum atomic E-state index is -0.758. The number of rotatable bonds is 3. The van der Waals surface area contributed by atoms with Gasteiger partial charge in [-0.15, -0.1) is 0 Å². The number of hydrogen-bond donors (Lipinski definition) is 2. The Bertz CT molecular complexity index is 317. The molecule has 0 spiro atoms. The minimum Gasteiger partial charge on any atom is -0.387 e. The second-order valence-electron chi connectivity index (χ2n) is 3.18. The van der Waals surface area contributed by atoms with Gasteiger partial charge in [0.25, 0.3) is 0 Å². The van der Waals surface area contributed by atoms with Crippen molar-refractivity contribution < 1.29 is 5.11 Å². The van der Waals surface area contributed by atoms with Gasteiger partial charge in [0.1, 0.15) is 0 Å². The Kier molecular flexibility index (Phi) is 4.20. The fourth-order valence-corrected chi connectivity index (χ4v) is 1.61. The molecule has 78 valence electrons. The van der Waals surface area contributed by atoms with Crippen LogP contribution in [-0.4, -0.2) is 11.1 Å². The van der Waals surface area contributed by atoms with Crippen LogP contribution in [0, 0.1) is 0 Å². The van der Waals surface area contributed by atoms with E-state index < -0.39 is 6.10 Å². The lowest BCUT2D eigenvalue weighted by Gasteiger charge is -2.18. The topological polar surface area (TPSA) is 46.2 Å². The highest BCUT2D eigenvalue weighted by molar-refractivity contribution is 6.33. The third-order valence-electron chi connectivity index (χ3n) is 2.15. The van der Waals surface area contributed by atoms with Crippen molar-refractivity contribution in [2.24, 2.45) is 5.73 Å². The van der Waals surface area contributed by atoms with Gasteiger partial charge in [0.05, 0.1) is 6.10 Å². The molecule has 0 aliphatic heterocycles. The molecule has 0 saturated heterocycles. The van der Waals surface area contributed by atoms with E-state index in [0.29, 0.717) is 22.0 Å². The smallest absolute Gasteiger partial charge is 0.0955 e. The Morgan fingerprint density at radius 2 is 2.07 bits per heavy atom. The summed E-state index contributed by atoms with van der Waals surface area (Å²) >= 11 is 11.7. The Morgan fingerprint density at radius 3 is 2.64 bits per heavy atom. The van der Waals surface area contributed by atoms with Gasteiger partial charge < -0.3 is 10.8 Å². The van der Waals surface area contributed by atoms with Crippen LogP contribution in [-0.2, 0) is 0 Å². The number of benzene rings is 1. The molecule has 0 saturated carbocycles. The lowest BCUT2D eigenvalue weighted by atomic mass is 10.0. The van der Waals surface area contributed by atoms with Crippen molar-refractivity contribution >= 4 is 23.2 Å². The lowest BCUT2D eigenvalue weighted by molar-refractivity contribution is 0.144. The molecule has 1 aromatic rings. The average Bonchev–Trinajstić information content (AvgIpc) is 2.19. The normalized spacial score (nSPS) is 15.2.